The van der Waals surface area contributed by atoms with Crippen molar-refractivity contribution in [1.29, 1.82) is 0 Å². The molecule has 3 aromatic rings. The highest BCUT2D eigenvalue weighted by molar-refractivity contribution is 7.12. The largest absolute Gasteiger partial charge is 0.350 e. The van der Waals surface area contributed by atoms with Gasteiger partial charge < -0.3 is 10.6 Å². The Kier molecular flexibility index (Phi) is 6.39. The van der Waals surface area contributed by atoms with E-state index < -0.39 is 0 Å². The lowest BCUT2D eigenvalue weighted by Gasteiger charge is -2.27. The van der Waals surface area contributed by atoms with Gasteiger partial charge in [0, 0.05) is 22.7 Å². The molecule has 2 aromatic heterocycles. The summed E-state index contributed by atoms with van der Waals surface area (Å²) in [6.45, 7) is 2.75. The number of nitrogens with zero attached hydrogens (tertiary/aromatic N) is 1. The van der Waals surface area contributed by atoms with Crippen LogP contribution in [0.1, 0.15) is 43.8 Å². The summed E-state index contributed by atoms with van der Waals surface area (Å²) in [5, 5.41) is 9.89. The van der Waals surface area contributed by atoms with Gasteiger partial charge in [-0.15, -0.1) is 22.7 Å². The van der Waals surface area contributed by atoms with Gasteiger partial charge in [0.05, 0.1) is 10.9 Å². The van der Waals surface area contributed by atoms with Crippen LogP contribution in [-0.2, 0) is 0 Å². The van der Waals surface area contributed by atoms with E-state index in [0.29, 0.717) is 22.7 Å². The van der Waals surface area contributed by atoms with Crippen LogP contribution in [0.3, 0.4) is 0 Å². The van der Waals surface area contributed by atoms with Crippen molar-refractivity contribution in [3.05, 3.63) is 74.6 Å². The molecule has 0 unspecified atom stereocenters. The molecular formula is C22H23N3O2S2. The molecule has 5 nitrogen and oxygen atoms in total. The van der Waals surface area contributed by atoms with Gasteiger partial charge in [-0.1, -0.05) is 12.1 Å². The van der Waals surface area contributed by atoms with E-state index in [-0.39, 0.29) is 17.9 Å². The maximum absolute atomic E-state index is 12.6. The van der Waals surface area contributed by atoms with Crippen molar-refractivity contribution < 1.29 is 9.59 Å². The molecule has 0 radical (unpaired) electrons. The maximum atomic E-state index is 12.6. The van der Waals surface area contributed by atoms with Crippen LogP contribution in [0.15, 0.2) is 59.3 Å². The maximum Gasteiger partial charge on any atom is 0.265 e. The van der Waals surface area contributed by atoms with E-state index >= 15 is 0 Å². The lowest BCUT2D eigenvalue weighted by atomic mass is 10.1. The Labute approximate surface area is 178 Å². The molecule has 2 amide bonds. The molecule has 1 aliphatic heterocycles. The van der Waals surface area contributed by atoms with Crippen LogP contribution in [0.4, 0.5) is 5.69 Å². The molecule has 0 spiro atoms. The quantitative estimate of drug-likeness (QED) is 0.580. The van der Waals surface area contributed by atoms with Gasteiger partial charge in [0.1, 0.15) is 0 Å². The number of hydrogen-bond donors (Lipinski definition) is 2. The standard InChI is InChI=1S/C22H23N3O2S2/c26-21(23-15-18(19-5-3-13-28-19)25-11-1-2-12-25)16-7-9-17(10-8-16)24-22(27)20-6-4-14-29-20/h3-10,13-14,18H,1-2,11-12,15H2,(H,23,26)(H,24,27)/t18-/m0/s1. The number of carbonyl (C=O) groups excluding carboxylic acids is 2. The summed E-state index contributed by atoms with van der Waals surface area (Å²) in [7, 11) is 0. The van der Waals surface area contributed by atoms with Gasteiger partial charge in [0.25, 0.3) is 11.8 Å². The fraction of sp³-hybridized carbons (Fsp3) is 0.273. The van der Waals surface area contributed by atoms with Gasteiger partial charge in [-0.3, -0.25) is 14.5 Å². The SMILES string of the molecule is O=C(NC[C@@H](c1cccs1)N1CCCC1)c1ccc(NC(=O)c2cccs2)cc1. The van der Waals surface area contributed by atoms with Gasteiger partial charge in [-0.05, 0) is 73.1 Å². The molecular weight excluding hydrogens is 402 g/mol. The Morgan fingerprint density at radius 1 is 0.931 bits per heavy atom. The second kappa shape index (κ2) is 9.35. The van der Waals surface area contributed by atoms with Crippen molar-refractivity contribution in [3.63, 3.8) is 0 Å². The van der Waals surface area contributed by atoms with E-state index in [0.717, 1.165) is 13.1 Å². The number of hydrogen-bond acceptors (Lipinski definition) is 5. The number of carbonyl (C=O) groups is 2. The van der Waals surface area contributed by atoms with Crippen LogP contribution in [0, 0.1) is 0 Å². The zero-order valence-electron chi connectivity index (χ0n) is 16.0. The van der Waals surface area contributed by atoms with Gasteiger partial charge in [0.15, 0.2) is 0 Å². The van der Waals surface area contributed by atoms with Gasteiger partial charge in [-0.25, -0.2) is 0 Å². The molecule has 3 heterocycles. The van der Waals surface area contributed by atoms with Crippen LogP contribution in [0.5, 0.6) is 0 Å². The lowest BCUT2D eigenvalue weighted by Crippen LogP contribution is -2.36. The van der Waals surface area contributed by atoms with Crippen LogP contribution in [0.2, 0.25) is 0 Å². The minimum absolute atomic E-state index is 0.0955. The third kappa shape index (κ3) is 4.93. The first-order valence-corrected chi connectivity index (χ1v) is 11.5. The Hall–Kier alpha value is -2.48. The Morgan fingerprint density at radius 2 is 1.66 bits per heavy atom. The third-order valence-electron chi connectivity index (χ3n) is 5.06. The van der Waals surface area contributed by atoms with Crippen molar-refractivity contribution in [3.8, 4) is 0 Å². The van der Waals surface area contributed by atoms with Crippen LogP contribution in [0.25, 0.3) is 0 Å². The van der Waals surface area contributed by atoms with E-state index in [1.807, 2.05) is 11.4 Å². The highest BCUT2D eigenvalue weighted by Crippen LogP contribution is 2.28. The lowest BCUT2D eigenvalue weighted by molar-refractivity contribution is 0.0938. The molecule has 4 rings (SSSR count). The molecule has 1 aromatic carbocycles. The second-order valence-corrected chi connectivity index (χ2v) is 8.92. The number of amides is 2. The predicted octanol–water partition coefficient (Wildman–Crippen LogP) is 4.63. The Morgan fingerprint density at radius 3 is 2.31 bits per heavy atom. The van der Waals surface area contributed by atoms with Crippen molar-refractivity contribution in [2.24, 2.45) is 0 Å². The van der Waals surface area contributed by atoms with Crippen LogP contribution >= 0.6 is 22.7 Å². The minimum atomic E-state index is -0.137. The van der Waals surface area contributed by atoms with Crippen molar-refractivity contribution in [2.75, 3.05) is 25.0 Å². The second-order valence-electron chi connectivity index (χ2n) is 6.99. The monoisotopic (exact) mass is 425 g/mol. The molecule has 1 atom stereocenters. The summed E-state index contributed by atoms with van der Waals surface area (Å²) in [6, 6.07) is 15.1. The Balaban J connectivity index is 1.36. The van der Waals surface area contributed by atoms with Crippen molar-refractivity contribution >= 4 is 40.2 Å². The van der Waals surface area contributed by atoms with Crippen molar-refractivity contribution in [2.45, 2.75) is 18.9 Å². The molecule has 2 N–H and O–H groups in total. The fourth-order valence-corrected chi connectivity index (χ4v) is 5.02. The van der Waals surface area contributed by atoms with Crippen LogP contribution in [-0.4, -0.2) is 36.3 Å². The summed E-state index contributed by atoms with van der Waals surface area (Å²) in [5.74, 6) is -0.233. The summed E-state index contributed by atoms with van der Waals surface area (Å²) in [4.78, 5) is 29.2. The van der Waals surface area contributed by atoms with E-state index in [2.05, 4.69) is 33.0 Å². The molecule has 1 fully saturated rings. The number of thiophene rings is 2. The number of rotatable bonds is 7. The van der Waals surface area contributed by atoms with E-state index in [1.54, 1.807) is 41.7 Å². The van der Waals surface area contributed by atoms with Crippen LogP contribution < -0.4 is 10.6 Å². The predicted molar refractivity (Wildman–Crippen MR) is 119 cm³/mol. The third-order valence-corrected chi connectivity index (χ3v) is 6.90. The number of nitrogens with one attached hydrogen (secondary N) is 2. The smallest absolute Gasteiger partial charge is 0.265 e. The average Bonchev–Trinajstić information content (AvgIpc) is 3.52. The van der Waals surface area contributed by atoms with Gasteiger partial charge in [0.2, 0.25) is 0 Å². The minimum Gasteiger partial charge on any atom is -0.350 e. The summed E-state index contributed by atoms with van der Waals surface area (Å²) >= 11 is 3.14. The highest BCUT2D eigenvalue weighted by Gasteiger charge is 2.24. The summed E-state index contributed by atoms with van der Waals surface area (Å²) in [6.07, 6.45) is 2.43. The molecule has 29 heavy (non-hydrogen) atoms. The van der Waals surface area contributed by atoms with E-state index in [9.17, 15) is 9.59 Å². The summed E-state index contributed by atoms with van der Waals surface area (Å²) in [5.41, 5.74) is 1.26. The van der Waals surface area contributed by atoms with Gasteiger partial charge in [-0.2, -0.15) is 0 Å². The van der Waals surface area contributed by atoms with E-state index in [1.165, 1.54) is 29.1 Å². The topological polar surface area (TPSA) is 61.4 Å². The molecule has 7 heteroatoms. The average molecular weight is 426 g/mol. The number of anilines is 1. The van der Waals surface area contributed by atoms with E-state index in [4.69, 9.17) is 0 Å². The molecule has 1 aliphatic rings. The molecule has 150 valence electrons. The summed E-state index contributed by atoms with van der Waals surface area (Å²) < 4.78 is 0. The molecule has 0 saturated carbocycles. The highest BCUT2D eigenvalue weighted by atomic mass is 32.1. The molecule has 0 aliphatic carbocycles. The first-order chi connectivity index (χ1) is 14.2. The first kappa shape index (κ1) is 19.8. The number of likely N-dealkylation sites (tertiary alicyclic amines) is 1. The van der Waals surface area contributed by atoms with Crippen molar-refractivity contribution in [1.82, 2.24) is 10.2 Å². The number of benzene rings is 1. The zero-order chi connectivity index (χ0) is 20.1. The Bertz CT molecular complexity index is 931. The fourth-order valence-electron chi connectivity index (χ4n) is 3.54. The zero-order valence-corrected chi connectivity index (χ0v) is 17.6. The molecule has 1 saturated heterocycles. The molecule has 0 bridgehead atoms. The van der Waals surface area contributed by atoms with Gasteiger partial charge >= 0.3 is 0 Å². The normalized spacial score (nSPS) is 15.2. The first-order valence-electron chi connectivity index (χ1n) is 9.71.